The normalized spacial score (nSPS) is 12.6. The molecule has 0 saturated heterocycles. The van der Waals surface area contributed by atoms with Crippen molar-refractivity contribution in [3.8, 4) is 0 Å². The van der Waals surface area contributed by atoms with Gasteiger partial charge in [0.15, 0.2) is 6.10 Å². The largest absolute Gasteiger partial charge is 0.451 e. The Morgan fingerprint density at radius 1 is 0.880 bits per heavy atom. The smallest absolute Gasteiger partial charge is 0.329 e. The summed E-state index contributed by atoms with van der Waals surface area (Å²) < 4.78 is 5.12. The number of nitrogens with one attached hydrogen (secondary N) is 2. The molecule has 6 heteroatoms. The van der Waals surface area contributed by atoms with Crippen molar-refractivity contribution >= 4 is 23.5 Å². The summed E-state index contributed by atoms with van der Waals surface area (Å²) in [6.45, 7) is 2.98. The minimum atomic E-state index is -0.983. The van der Waals surface area contributed by atoms with E-state index in [0.717, 1.165) is 0 Å². The van der Waals surface area contributed by atoms with Crippen molar-refractivity contribution in [2.24, 2.45) is 0 Å². The number of esters is 1. The molecule has 0 fully saturated rings. The topological polar surface area (TPSA) is 84.5 Å². The molecule has 2 aromatic rings. The predicted molar refractivity (Wildman–Crippen MR) is 94.0 cm³/mol. The molecule has 2 N–H and O–H groups in total. The number of anilines is 1. The second-order valence-corrected chi connectivity index (χ2v) is 5.50. The Morgan fingerprint density at radius 2 is 1.44 bits per heavy atom. The minimum absolute atomic E-state index is 0.383. The third-order valence-corrected chi connectivity index (χ3v) is 3.44. The fourth-order valence-corrected chi connectivity index (χ4v) is 2.02. The number of ether oxygens (including phenoxy) is 1. The van der Waals surface area contributed by atoms with Crippen molar-refractivity contribution in [2.45, 2.75) is 26.0 Å². The lowest BCUT2D eigenvalue weighted by atomic mass is 10.2. The quantitative estimate of drug-likeness (QED) is 0.791. The van der Waals surface area contributed by atoms with Crippen molar-refractivity contribution in [3.05, 3.63) is 66.2 Å². The predicted octanol–water partition coefficient (Wildman–Crippen LogP) is 2.38. The summed E-state index contributed by atoms with van der Waals surface area (Å²) in [4.78, 5) is 36.1. The van der Waals surface area contributed by atoms with Crippen LogP contribution in [0.15, 0.2) is 60.7 Å². The van der Waals surface area contributed by atoms with Crippen LogP contribution in [0.25, 0.3) is 0 Å². The van der Waals surface area contributed by atoms with Crippen LogP contribution in [-0.4, -0.2) is 29.9 Å². The van der Waals surface area contributed by atoms with Crippen molar-refractivity contribution in [1.82, 2.24) is 5.32 Å². The minimum Gasteiger partial charge on any atom is -0.451 e. The Hall–Kier alpha value is -3.15. The van der Waals surface area contributed by atoms with Gasteiger partial charge in [0.2, 0.25) is 0 Å². The Morgan fingerprint density at radius 3 is 2.04 bits per heavy atom. The third-order valence-electron chi connectivity index (χ3n) is 3.44. The fraction of sp³-hybridized carbons (Fsp3) is 0.211. The third kappa shape index (κ3) is 5.46. The zero-order valence-corrected chi connectivity index (χ0v) is 14.1. The van der Waals surface area contributed by atoms with Crippen LogP contribution in [0.4, 0.5) is 5.69 Å². The first-order valence-corrected chi connectivity index (χ1v) is 7.89. The molecule has 0 aromatic heterocycles. The van der Waals surface area contributed by atoms with E-state index in [1.165, 1.54) is 13.8 Å². The summed E-state index contributed by atoms with van der Waals surface area (Å²) in [5, 5.41) is 5.19. The summed E-state index contributed by atoms with van der Waals surface area (Å²) in [6.07, 6.45) is -0.983. The summed E-state index contributed by atoms with van der Waals surface area (Å²) in [5.41, 5.74) is 1.05. The molecule has 0 aliphatic carbocycles. The summed E-state index contributed by atoms with van der Waals surface area (Å²) >= 11 is 0. The molecule has 0 spiro atoms. The van der Waals surface area contributed by atoms with E-state index in [0.29, 0.717) is 11.3 Å². The van der Waals surface area contributed by atoms with Gasteiger partial charge in [0.05, 0.1) is 0 Å². The summed E-state index contributed by atoms with van der Waals surface area (Å²) in [6, 6.07) is 16.5. The Labute approximate surface area is 146 Å². The Bertz CT molecular complexity index is 732. The molecule has 2 aromatic carbocycles. The molecule has 0 bridgehead atoms. The SMILES string of the molecule is C[C@H](NC(=O)c1ccccc1)C(=O)O[C@H](C)C(=O)Nc1ccccc1. The molecule has 130 valence electrons. The molecule has 0 aliphatic rings. The van der Waals surface area contributed by atoms with E-state index in [1.807, 2.05) is 6.07 Å². The zero-order chi connectivity index (χ0) is 18.2. The monoisotopic (exact) mass is 340 g/mol. The van der Waals surface area contributed by atoms with Crippen LogP contribution < -0.4 is 10.6 Å². The number of amides is 2. The molecular formula is C19H20N2O4. The van der Waals surface area contributed by atoms with Crippen molar-refractivity contribution < 1.29 is 19.1 Å². The highest BCUT2D eigenvalue weighted by atomic mass is 16.5. The number of rotatable bonds is 6. The molecule has 2 atom stereocenters. The van der Waals surface area contributed by atoms with Crippen LogP contribution >= 0.6 is 0 Å². The molecule has 2 amide bonds. The molecule has 25 heavy (non-hydrogen) atoms. The molecule has 0 unspecified atom stereocenters. The fourth-order valence-electron chi connectivity index (χ4n) is 2.02. The lowest BCUT2D eigenvalue weighted by Gasteiger charge is -2.17. The molecular weight excluding hydrogens is 320 g/mol. The van der Waals surface area contributed by atoms with E-state index in [1.54, 1.807) is 54.6 Å². The molecule has 0 saturated carbocycles. The highest BCUT2D eigenvalue weighted by Crippen LogP contribution is 2.07. The maximum atomic E-state index is 12.1. The molecule has 0 radical (unpaired) electrons. The van der Waals surface area contributed by atoms with Crippen LogP contribution in [0.5, 0.6) is 0 Å². The maximum absolute atomic E-state index is 12.1. The standard InChI is InChI=1S/C19H20N2O4/c1-13(20-18(23)15-9-5-3-6-10-15)19(24)25-14(2)17(22)21-16-11-7-4-8-12-16/h3-14H,1-2H3,(H,20,23)(H,21,22)/t13-,14+/m0/s1. The van der Waals surface area contributed by atoms with Gasteiger partial charge < -0.3 is 15.4 Å². The first-order valence-electron chi connectivity index (χ1n) is 7.89. The molecule has 6 nitrogen and oxygen atoms in total. The van der Waals surface area contributed by atoms with Gasteiger partial charge in [-0.2, -0.15) is 0 Å². The van der Waals surface area contributed by atoms with Gasteiger partial charge in [0.1, 0.15) is 6.04 Å². The zero-order valence-electron chi connectivity index (χ0n) is 14.1. The van der Waals surface area contributed by atoms with E-state index in [2.05, 4.69) is 10.6 Å². The van der Waals surface area contributed by atoms with Crippen LogP contribution in [0, 0.1) is 0 Å². The van der Waals surface area contributed by atoms with Gasteiger partial charge in [-0.3, -0.25) is 9.59 Å². The maximum Gasteiger partial charge on any atom is 0.329 e. The average Bonchev–Trinajstić information content (AvgIpc) is 2.63. The number of carbonyl (C=O) groups excluding carboxylic acids is 3. The molecule has 0 aliphatic heterocycles. The first kappa shape index (κ1) is 18.2. The van der Waals surface area contributed by atoms with Gasteiger partial charge in [0.25, 0.3) is 11.8 Å². The number of para-hydroxylation sites is 1. The number of hydrogen-bond donors (Lipinski definition) is 2. The van der Waals surface area contributed by atoms with Crippen LogP contribution in [0.2, 0.25) is 0 Å². The molecule has 2 rings (SSSR count). The second kappa shape index (κ2) is 8.63. The van der Waals surface area contributed by atoms with E-state index in [-0.39, 0.29) is 5.91 Å². The number of carbonyl (C=O) groups is 3. The van der Waals surface area contributed by atoms with Gasteiger partial charge in [-0.1, -0.05) is 36.4 Å². The summed E-state index contributed by atoms with van der Waals surface area (Å²) in [7, 11) is 0. The Balaban J connectivity index is 1.85. The lowest BCUT2D eigenvalue weighted by molar-refractivity contribution is -0.154. The van der Waals surface area contributed by atoms with E-state index in [9.17, 15) is 14.4 Å². The average molecular weight is 340 g/mol. The van der Waals surface area contributed by atoms with Gasteiger partial charge in [-0.25, -0.2) is 4.79 Å². The van der Waals surface area contributed by atoms with E-state index in [4.69, 9.17) is 4.74 Å². The van der Waals surface area contributed by atoms with E-state index < -0.39 is 24.0 Å². The van der Waals surface area contributed by atoms with Crippen LogP contribution in [-0.2, 0) is 14.3 Å². The van der Waals surface area contributed by atoms with Crippen molar-refractivity contribution in [2.75, 3.05) is 5.32 Å². The number of hydrogen-bond acceptors (Lipinski definition) is 4. The Kier molecular flexibility index (Phi) is 6.28. The number of benzene rings is 2. The highest BCUT2D eigenvalue weighted by Gasteiger charge is 2.23. The van der Waals surface area contributed by atoms with Gasteiger partial charge in [0, 0.05) is 11.3 Å². The lowest BCUT2D eigenvalue weighted by Crippen LogP contribution is -2.42. The highest BCUT2D eigenvalue weighted by molar-refractivity contribution is 5.98. The van der Waals surface area contributed by atoms with Gasteiger partial charge >= 0.3 is 5.97 Å². The molecule has 0 heterocycles. The van der Waals surface area contributed by atoms with Crippen LogP contribution in [0.1, 0.15) is 24.2 Å². The first-order chi connectivity index (χ1) is 12.0. The van der Waals surface area contributed by atoms with E-state index >= 15 is 0 Å². The summed E-state index contributed by atoms with van der Waals surface area (Å²) in [5.74, 6) is -1.51. The van der Waals surface area contributed by atoms with Gasteiger partial charge in [-0.15, -0.1) is 0 Å². The van der Waals surface area contributed by atoms with Gasteiger partial charge in [-0.05, 0) is 38.1 Å². The second-order valence-electron chi connectivity index (χ2n) is 5.50. The van der Waals surface area contributed by atoms with Crippen molar-refractivity contribution in [1.29, 1.82) is 0 Å². The van der Waals surface area contributed by atoms with Crippen LogP contribution in [0.3, 0.4) is 0 Å². The van der Waals surface area contributed by atoms with Crippen molar-refractivity contribution in [3.63, 3.8) is 0 Å².